The number of benzene rings is 1. The minimum atomic E-state index is -3.54. The minimum absolute atomic E-state index is 0.169. The van der Waals surface area contributed by atoms with Crippen molar-refractivity contribution in [2.75, 3.05) is 5.32 Å². The number of carbonyl (C=O) groups is 1. The zero-order chi connectivity index (χ0) is 19.6. The Morgan fingerprint density at radius 2 is 1.62 bits per heavy atom. The van der Waals surface area contributed by atoms with Crippen LogP contribution in [0.4, 0.5) is 5.69 Å². The lowest BCUT2D eigenvalue weighted by Gasteiger charge is -2.14. The Bertz CT molecular complexity index is 895. The van der Waals surface area contributed by atoms with Crippen LogP contribution in [0, 0.1) is 13.8 Å². The molecule has 7 heteroatoms. The fourth-order valence-electron chi connectivity index (χ4n) is 3.10. The molecule has 0 aliphatic carbocycles. The molecule has 2 rings (SSSR count). The fraction of sp³-hybridized carbons (Fsp3) is 0.421. The Balaban J connectivity index is 2.20. The van der Waals surface area contributed by atoms with Gasteiger partial charge in [-0.15, -0.1) is 0 Å². The van der Waals surface area contributed by atoms with E-state index in [1.54, 1.807) is 26.0 Å². The number of nitrogens with one attached hydrogen (secondary N) is 2. The highest BCUT2D eigenvalue weighted by molar-refractivity contribution is 7.89. The molecule has 1 amide bonds. The van der Waals surface area contributed by atoms with Crippen molar-refractivity contribution >= 4 is 21.6 Å². The van der Waals surface area contributed by atoms with Crippen LogP contribution in [0.5, 0.6) is 0 Å². The molecule has 0 fully saturated rings. The number of anilines is 1. The molecule has 0 radical (unpaired) electrons. The van der Waals surface area contributed by atoms with E-state index in [0.717, 1.165) is 11.4 Å². The second-order valence-electron chi connectivity index (χ2n) is 7.00. The third kappa shape index (κ3) is 4.34. The lowest BCUT2D eigenvalue weighted by Crippen LogP contribution is -2.30. The summed E-state index contributed by atoms with van der Waals surface area (Å²) in [6, 6.07) is 8.11. The molecule has 0 bridgehead atoms. The van der Waals surface area contributed by atoms with Crippen LogP contribution in [0.3, 0.4) is 0 Å². The zero-order valence-corrected chi connectivity index (χ0v) is 16.9. The molecule has 142 valence electrons. The van der Waals surface area contributed by atoms with Gasteiger partial charge in [0.15, 0.2) is 0 Å². The van der Waals surface area contributed by atoms with Crippen LogP contribution >= 0.6 is 0 Å². The van der Waals surface area contributed by atoms with Crippen molar-refractivity contribution in [2.24, 2.45) is 0 Å². The molecular weight excluding hydrogens is 350 g/mol. The van der Waals surface area contributed by atoms with Gasteiger partial charge in [-0.05, 0) is 71.9 Å². The topological polar surface area (TPSA) is 80.2 Å². The summed E-state index contributed by atoms with van der Waals surface area (Å²) in [6.07, 6.45) is 0. The Morgan fingerprint density at radius 3 is 2.08 bits per heavy atom. The highest BCUT2D eigenvalue weighted by Gasteiger charge is 2.18. The average Bonchev–Trinajstić information content (AvgIpc) is 2.81. The maximum Gasteiger partial charge on any atom is 0.257 e. The molecule has 6 nitrogen and oxygen atoms in total. The number of aromatic nitrogens is 1. The van der Waals surface area contributed by atoms with E-state index in [-0.39, 0.29) is 22.9 Å². The number of amides is 1. The summed E-state index contributed by atoms with van der Waals surface area (Å²) in [4.78, 5) is 12.8. The second-order valence-corrected chi connectivity index (χ2v) is 8.72. The van der Waals surface area contributed by atoms with Crippen LogP contribution < -0.4 is 10.0 Å². The van der Waals surface area contributed by atoms with Crippen LogP contribution in [0.2, 0.25) is 0 Å². The molecule has 0 spiro atoms. The van der Waals surface area contributed by atoms with Crippen molar-refractivity contribution in [1.29, 1.82) is 0 Å². The number of hydrogen-bond acceptors (Lipinski definition) is 3. The molecule has 2 N–H and O–H groups in total. The van der Waals surface area contributed by atoms with Crippen molar-refractivity contribution in [3.05, 3.63) is 47.3 Å². The van der Waals surface area contributed by atoms with E-state index < -0.39 is 10.0 Å². The van der Waals surface area contributed by atoms with Crippen molar-refractivity contribution in [3.8, 4) is 0 Å². The summed E-state index contributed by atoms with van der Waals surface area (Å²) in [6.45, 7) is 11.6. The van der Waals surface area contributed by atoms with Gasteiger partial charge in [-0.2, -0.15) is 0 Å². The van der Waals surface area contributed by atoms with Crippen molar-refractivity contribution < 1.29 is 13.2 Å². The SMILES string of the molecule is Cc1cc(C(=O)Nc2ccc(S(=O)(=O)NC(C)C)cc2)c(C)n1C(C)C. The van der Waals surface area contributed by atoms with E-state index in [4.69, 9.17) is 0 Å². The molecule has 26 heavy (non-hydrogen) atoms. The Kier molecular flexibility index (Phi) is 5.93. The molecule has 0 saturated heterocycles. The second kappa shape index (κ2) is 7.63. The van der Waals surface area contributed by atoms with E-state index in [0.29, 0.717) is 11.3 Å². The van der Waals surface area contributed by atoms with Crippen molar-refractivity contribution in [3.63, 3.8) is 0 Å². The van der Waals surface area contributed by atoms with Crippen LogP contribution in [0.1, 0.15) is 55.5 Å². The van der Waals surface area contributed by atoms with Gasteiger partial charge in [0.05, 0.1) is 10.5 Å². The Labute approximate surface area is 155 Å². The number of carbonyl (C=O) groups excluding carboxylic acids is 1. The summed E-state index contributed by atoms with van der Waals surface area (Å²) in [7, 11) is -3.54. The van der Waals surface area contributed by atoms with E-state index in [9.17, 15) is 13.2 Å². The molecular formula is C19H27N3O3S. The number of rotatable bonds is 6. The first-order valence-electron chi connectivity index (χ1n) is 8.65. The third-order valence-electron chi connectivity index (χ3n) is 4.06. The number of hydrogen-bond donors (Lipinski definition) is 2. The van der Waals surface area contributed by atoms with Crippen LogP contribution in [-0.4, -0.2) is 24.9 Å². The smallest absolute Gasteiger partial charge is 0.257 e. The van der Waals surface area contributed by atoms with Gasteiger partial charge in [-0.25, -0.2) is 13.1 Å². The van der Waals surface area contributed by atoms with Crippen LogP contribution in [-0.2, 0) is 10.0 Å². The lowest BCUT2D eigenvalue weighted by molar-refractivity contribution is 0.102. The molecule has 0 unspecified atom stereocenters. The van der Waals surface area contributed by atoms with E-state index >= 15 is 0 Å². The quantitative estimate of drug-likeness (QED) is 0.807. The summed E-state index contributed by atoms with van der Waals surface area (Å²) >= 11 is 0. The van der Waals surface area contributed by atoms with Crippen molar-refractivity contribution in [1.82, 2.24) is 9.29 Å². The van der Waals surface area contributed by atoms with Gasteiger partial charge in [-0.1, -0.05) is 0 Å². The van der Waals surface area contributed by atoms with Gasteiger partial charge < -0.3 is 9.88 Å². The Morgan fingerprint density at radius 1 is 1.04 bits per heavy atom. The summed E-state index contributed by atoms with van der Waals surface area (Å²) < 4.78 is 28.9. The molecule has 1 aromatic heterocycles. The summed E-state index contributed by atoms with van der Waals surface area (Å²) in [5.74, 6) is -0.207. The number of aryl methyl sites for hydroxylation is 1. The molecule has 0 aliphatic rings. The van der Waals surface area contributed by atoms with Gasteiger partial charge in [0.2, 0.25) is 10.0 Å². The average molecular weight is 378 g/mol. The van der Waals surface area contributed by atoms with Crippen LogP contribution in [0.25, 0.3) is 0 Å². The predicted octanol–water partition coefficient (Wildman–Crippen LogP) is 3.62. The number of nitrogens with zero attached hydrogens (tertiary/aromatic N) is 1. The molecule has 2 aromatic rings. The standard InChI is InChI=1S/C19H27N3O3S/c1-12(2)21-26(24,25)17-9-7-16(8-10-17)20-19(23)18-11-14(5)22(13(3)4)15(18)6/h7-13,21H,1-6H3,(H,20,23). The monoisotopic (exact) mass is 377 g/mol. The molecule has 0 atom stereocenters. The first-order chi connectivity index (χ1) is 12.0. The highest BCUT2D eigenvalue weighted by atomic mass is 32.2. The first-order valence-corrected chi connectivity index (χ1v) is 10.1. The maximum atomic E-state index is 12.6. The third-order valence-corrected chi connectivity index (χ3v) is 5.73. The van der Waals surface area contributed by atoms with E-state index in [2.05, 4.69) is 28.5 Å². The fourth-order valence-corrected chi connectivity index (χ4v) is 4.35. The van der Waals surface area contributed by atoms with E-state index in [1.165, 1.54) is 12.1 Å². The molecule has 1 aromatic carbocycles. The number of sulfonamides is 1. The predicted molar refractivity (Wildman–Crippen MR) is 104 cm³/mol. The molecule has 0 aliphatic heterocycles. The highest BCUT2D eigenvalue weighted by Crippen LogP contribution is 2.22. The first kappa shape index (κ1) is 20.2. The normalized spacial score (nSPS) is 12.0. The Hall–Kier alpha value is -2.12. The summed E-state index contributed by atoms with van der Waals surface area (Å²) in [5, 5.41) is 2.83. The van der Waals surface area contributed by atoms with Gasteiger partial charge in [0.25, 0.3) is 5.91 Å². The molecule has 1 heterocycles. The lowest BCUT2D eigenvalue weighted by atomic mass is 10.2. The largest absolute Gasteiger partial charge is 0.346 e. The minimum Gasteiger partial charge on any atom is -0.346 e. The summed E-state index contributed by atoms with van der Waals surface area (Å²) in [5.41, 5.74) is 3.11. The van der Waals surface area contributed by atoms with Crippen molar-refractivity contribution in [2.45, 2.75) is 58.5 Å². The van der Waals surface area contributed by atoms with Gasteiger partial charge in [0.1, 0.15) is 0 Å². The maximum absolute atomic E-state index is 12.6. The van der Waals surface area contributed by atoms with Gasteiger partial charge in [0, 0.05) is 29.2 Å². The van der Waals surface area contributed by atoms with E-state index in [1.807, 2.05) is 19.9 Å². The zero-order valence-electron chi connectivity index (χ0n) is 16.1. The van der Waals surface area contributed by atoms with Crippen LogP contribution in [0.15, 0.2) is 35.2 Å². The molecule has 0 saturated carbocycles. The van der Waals surface area contributed by atoms with Gasteiger partial charge >= 0.3 is 0 Å². The van der Waals surface area contributed by atoms with Gasteiger partial charge in [-0.3, -0.25) is 4.79 Å².